The number of H-pyrrole nitrogens is 1. The molecule has 25 heavy (non-hydrogen) atoms. The molecule has 5 nitrogen and oxygen atoms in total. The topological polar surface area (TPSA) is 52.2 Å². The van der Waals surface area contributed by atoms with E-state index in [4.69, 9.17) is 0 Å². The van der Waals surface area contributed by atoms with E-state index in [9.17, 15) is 9.18 Å². The smallest absolute Gasteiger partial charge is 0.272 e. The highest BCUT2D eigenvalue weighted by Gasteiger charge is 2.28. The van der Waals surface area contributed by atoms with Gasteiger partial charge in [-0.1, -0.05) is 0 Å². The summed E-state index contributed by atoms with van der Waals surface area (Å²) < 4.78 is 13.1. The lowest BCUT2D eigenvalue weighted by atomic mass is 10.1. The summed E-state index contributed by atoms with van der Waals surface area (Å²) in [4.78, 5) is 17.1. The predicted octanol–water partition coefficient (Wildman–Crippen LogP) is 2.73. The van der Waals surface area contributed by atoms with Crippen LogP contribution in [0.1, 0.15) is 16.9 Å². The first-order chi connectivity index (χ1) is 12.0. The van der Waals surface area contributed by atoms with Crippen LogP contribution in [0.3, 0.4) is 0 Å². The largest absolute Gasteiger partial charge is 0.332 e. The number of nitrogens with one attached hydrogen (secondary N) is 1. The number of halogens is 1. The number of aromatic nitrogens is 2. The van der Waals surface area contributed by atoms with Gasteiger partial charge in [-0.25, -0.2) is 4.39 Å². The van der Waals surface area contributed by atoms with E-state index in [1.54, 1.807) is 18.2 Å². The molecule has 1 aromatic carbocycles. The van der Waals surface area contributed by atoms with Crippen LogP contribution in [-0.4, -0.2) is 70.6 Å². The molecule has 0 spiro atoms. The zero-order valence-corrected chi connectivity index (χ0v) is 15.4. The Labute approximate surface area is 151 Å². The maximum atomic E-state index is 13.1. The normalized spacial score (nSPS) is 18.4. The molecule has 7 heteroatoms. The van der Waals surface area contributed by atoms with Crippen molar-refractivity contribution in [3.8, 4) is 11.3 Å². The van der Waals surface area contributed by atoms with Crippen molar-refractivity contribution >= 4 is 17.7 Å². The summed E-state index contributed by atoms with van der Waals surface area (Å²) >= 11 is 1.90. The van der Waals surface area contributed by atoms with E-state index in [-0.39, 0.29) is 17.8 Å². The minimum atomic E-state index is -0.288. The number of thioether (sulfide) groups is 1. The monoisotopic (exact) mass is 362 g/mol. The highest BCUT2D eigenvalue weighted by atomic mass is 32.2. The van der Waals surface area contributed by atoms with Crippen molar-refractivity contribution in [1.29, 1.82) is 0 Å². The number of nitrogens with zero attached hydrogens (tertiary/aromatic N) is 3. The summed E-state index contributed by atoms with van der Waals surface area (Å²) in [5, 5.41) is 7.09. The number of hydrogen-bond donors (Lipinski definition) is 1. The summed E-state index contributed by atoms with van der Waals surface area (Å²) in [5.41, 5.74) is 1.92. The Morgan fingerprint density at radius 3 is 2.88 bits per heavy atom. The molecule has 1 aliphatic heterocycles. The standard InChI is InChI=1S/C18H23FN4OS/c1-22(2)11-15-12-25-9-3-8-23(15)18(24)17-10-16(20-21-17)13-4-6-14(19)7-5-13/h4-7,10,15H,3,8-9,11-12H2,1-2H3,(H,20,21). The molecule has 1 amide bonds. The van der Waals surface area contributed by atoms with Crippen molar-refractivity contribution in [3.05, 3.63) is 41.8 Å². The van der Waals surface area contributed by atoms with Crippen molar-refractivity contribution < 1.29 is 9.18 Å². The van der Waals surface area contributed by atoms with Gasteiger partial charge in [0.25, 0.3) is 5.91 Å². The van der Waals surface area contributed by atoms with Gasteiger partial charge in [-0.3, -0.25) is 9.89 Å². The molecule has 1 unspecified atom stereocenters. The van der Waals surface area contributed by atoms with Gasteiger partial charge in [-0.2, -0.15) is 16.9 Å². The maximum absolute atomic E-state index is 13.1. The molecule has 3 rings (SSSR count). The molecule has 0 saturated carbocycles. The molecule has 0 aliphatic carbocycles. The van der Waals surface area contributed by atoms with Gasteiger partial charge in [0.05, 0.1) is 11.7 Å². The lowest BCUT2D eigenvalue weighted by Gasteiger charge is -2.31. The number of amides is 1. The van der Waals surface area contributed by atoms with Crippen LogP contribution in [0.4, 0.5) is 4.39 Å². The van der Waals surface area contributed by atoms with Crippen LogP contribution >= 0.6 is 11.8 Å². The molecular formula is C18H23FN4OS. The first kappa shape index (κ1) is 17.9. The van der Waals surface area contributed by atoms with E-state index in [1.807, 2.05) is 30.8 Å². The highest BCUT2D eigenvalue weighted by Crippen LogP contribution is 2.22. The van der Waals surface area contributed by atoms with Crippen molar-refractivity contribution in [3.63, 3.8) is 0 Å². The van der Waals surface area contributed by atoms with Crippen molar-refractivity contribution in [1.82, 2.24) is 20.0 Å². The van der Waals surface area contributed by atoms with E-state index < -0.39 is 0 Å². The molecule has 1 fully saturated rings. The Kier molecular flexibility index (Phi) is 5.75. The second kappa shape index (κ2) is 8.01. The Bertz CT molecular complexity index is 716. The van der Waals surface area contributed by atoms with Crippen LogP contribution < -0.4 is 0 Å². The average Bonchev–Trinajstić information content (AvgIpc) is 2.96. The SMILES string of the molecule is CN(C)CC1CSCCCN1C(=O)c1cc(-c2ccc(F)cc2)n[nH]1. The zero-order valence-electron chi connectivity index (χ0n) is 14.5. The Morgan fingerprint density at radius 1 is 1.40 bits per heavy atom. The fraction of sp³-hybridized carbons (Fsp3) is 0.444. The fourth-order valence-electron chi connectivity index (χ4n) is 3.02. The lowest BCUT2D eigenvalue weighted by Crippen LogP contribution is -2.46. The number of benzene rings is 1. The van der Waals surface area contributed by atoms with E-state index in [2.05, 4.69) is 15.1 Å². The lowest BCUT2D eigenvalue weighted by molar-refractivity contribution is 0.0669. The van der Waals surface area contributed by atoms with Crippen molar-refractivity contribution in [2.45, 2.75) is 12.5 Å². The molecule has 2 heterocycles. The summed E-state index contributed by atoms with van der Waals surface area (Å²) in [6.07, 6.45) is 0.999. The maximum Gasteiger partial charge on any atom is 0.272 e. The molecule has 1 aromatic heterocycles. The summed E-state index contributed by atoms with van der Waals surface area (Å²) in [6, 6.07) is 8.05. The number of carbonyl (C=O) groups excluding carboxylic acids is 1. The first-order valence-corrected chi connectivity index (χ1v) is 9.55. The third kappa shape index (κ3) is 4.41. The molecule has 0 bridgehead atoms. The van der Waals surface area contributed by atoms with Gasteiger partial charge in [-0.05, 0) is 56.6 Å². The summed E-state index contributed by atoms with van der Waals surface area (Å²) in [5.74, 6) is 1.72. The molecule has 1 saturated heterocycles. The number of hydrogen-bond acceptors (Lipinski definition) is 4. The molecule has 1 N–H and O–H groups in total. The van der Waals surface area contributed by atoms with E-state index >= 15 is 0 Å². The quantitative estimate of drug-likeness (QED) is 0.909. The van der Waals surface area contributed by atoms with Crippen molar-refractivity contribution in [2.75, 3.05) is 38.7 Å². The third-order valence-electron chi connectivity index (χ3n) is 4.22. The van der Waals surface area contributed by atoms with Gasteiger partial charge in [-0.15, -0.1) is 0 Å². The van der Waals surface area contributed by atoms with Crippen LogP contribution in [0.25, 0.3) is 11.3 Å². The van der Waals surface area contributed by atoms with Gasteiger partial charge in [0, 0.05) is 24.4 Å². The second-order valence-electron chi connectivity index (χ2n) is 6.52. The van der Waals surface area contributed by atoms with Gasteiger partial charge in [0.2, 0.25) is 0 Å². The van der Waals surface area contributed by atoms with E-state index in [1.165, 1.54) is 12.1 Å². The predicted molar refractivity (Wildman–Crippen MR) is 99.3 cm³/mol. The molecule has 1 aliphatic rings. The van der Waals surface area contributed by atoms with Crippen LogP contribution in [0.15, 0.2) is 30.3 Å². The Hall–Kier alpha value is -1.86. The number of likely N-dealkylation sites (N-methyl/N-ethyl adjacent to an activating group) is 1. The minimum absolute atomic E-state index is 0.0183. The van der Waals surface area contributed by atoms with Gasteiger partial charge < -0.3 is 9.80 Å². The average molecular weight is 362 g/mol. The fourth-order valence-corrected chi connectivity index (χ4v) is 4.08. The number of rotatable bonds is 4. The third-order valence-corrected chi connectivity index (χ3v) is 5.42. The Morgan fingerprint density at radius 2 is 2.16 bits per heavy atom. The molecule has 1 atom stereocenters. The van der Waals surface area contributed by atoms with Crippen molar-refractivity contribution in [2.24, 2.45) is 0 Å². The molecule has 0 radical (unpaired) electrons. The highest BCUT2D eigenvalue weighted by molar-refractivity contribution is 7.99. The van der Waals surface area contributed by atoms with Crippen LogP contribution in [0, 0.1) is 5.82 Å². The second-order valence-corrected chi connectivity index (χ2v) is 7.67. The Balaban J connectivity index is 1.80. The van der Waals surface area contributed by atoms with Gasteiger partial charge >= 0.3 is 0 Å². The summed E-state index contributed by atoms with van der Waals surface area (Å²) in [7, 11) is 4.06. The van der Waals surface area contributed by atoms with E-state index in [0.717, 1.165) is 36.6 Å². The molecule has 134 valence electrons. The van der Waals surface area contributed by atoms with E-state index in [0.29, 0.717) is 11.4 Å². The molecular weight excluding hydrogens is 339 g/mol. The molecule has 2 aromatic rings. The zero-order chi connectivity index (χ0) is 17.8. The first-order valence-electron chi connectivity index (χ1n) is 8.39. The number of aromatic amines is 1. The van der Waals surface area contributed by atoms with Crippen LogP contribution in [0.5, 0.6) is 0 Å². The van der Waals surface area contributed by atoms with Gasteiger partial charge in [0.15, 0.2) is 0 Å². The van der Waals surface area contributed by atoms with Gasteiger partial charge in [0.1, 0.15) is 11.5 Å². The summed E-state index contributed by atoms with van der Waals surface area (Å²) in [6.45, 7) is 1.60. The van der Waals surface area contributed by atoms with Crippen LogP contribution in [-0.2, 0) is 0 Å². The number of carbonyl (C=O) groups is 1. The van der Waals surface area contributed by atoms with Crippen LogP contribution in [0.2, 0.25) is 0 Å². The minimum Gasteiger partial charge on any atom is -0.332 e.